The summed E-state index contributed by atoms with van der Waals surface area (Å²) in [5.74, 6) is 0.279. The van der Waals surface area contributed by atoms with Crippen LogP contribution in [0.3, 0.4) is 0 Å². The van der Waals surface area contributed by atoms with E-state index in [4.69, 9.17) is 4.74 Å². The molecule has 0 bridgehead atoms. The fourth-order valence-electron chi connectivity index (χ4n) is 4.01. The van der Waals surface area contributed by atoms with Gasteiger partial charge in [-0.1, -0.05) is 61.0 Å². The van der Waals surface area contributed by atoms with Crippen molar-refractivity contribution < 1.29 is 14.9 Å². The minimum atomic E-state index is -0.430. The van der Waals surface area contributed by atoms with Crippen molar-refractivity contribution in [3.8, 4) is 0 Å². The summed E-state index contributed by atoms with van der Waals surface area (Å²) < 4.78 is 6.01. The molecule has 3 heteroatoms. The van der Waals surface area contributed by atoms with Crippen molar-refractivity contribution in [3.05, 3.63) is 75.9 Å². The predicted octanol–water partition coefficient (Wildman–Crippen LogP) is 5.08. The van der Waals surface area contributed by atoms with Gasteiger partial charge >= 0.3 is 0 Å². The standard InChI is InChI=1S/C25H32O3/c1-16-7-5-6-8-20(16)11-18(3)19(4)24-12-21(10-9-17(24)2)25-14-22(27)13-23(15-26)28-25/h5-12,19,22-23,25-27H,13-15H2,1-4H3/b18-11+. The van der Waals surface area contributed by atoms with Gasteiger partial charge in [0.15, 0.2) is 0 Å². The molecular weight excluding hydrogens is 348 g/mol. The molecule has 0 aromatic heterocycles. The Morgan fingerprint density at radius 1 is 1.14 bits per heavy atom. The van der Waals surface area contributed by atoms with E-state index >= 15 is 0 Å². The van der Waals surface area contributed by atoms with Crippen LogP contribution < -0.4 is 0 Å². The van der Waals surface area contributed by atoms with Crippen molar-refractivity contribution in [1.82, 2.24) is 0 Å². The van der Waals surface area contributed by atoms with E-state index in [2.05, 4.69) is 76.2 Å². The van der Waals surface area contributed by atoms with Crippen LogP contribution >= 0.6 is 0 Å². The summed E-state index contributed by atoms with van der Waals surface area (Å²) in [6.45, 7) is 8.65. The van der Waals surface area contributed by atoms with Crippen LogP contribution in [0.15, 0.2) is 48.0 Å². The minimum Gasteiger partial charge on any atom is -0.394 e. The van der Waals surface area contributed by atoms with Crippen LogP contribution in [-0.4, -0.2) is 29.0 Å². The molecular formula is C25H32O3. The highest BCUT2D eigenvalue weighted by Gasteiger charge is 2.29. The summed E-state index contributed by atoms with van der Waals surface area (Å²) in [6.07, 6.45) is 2.45. The lowest BCUT2D eigenvalue weighted by Gasteiger charge is -2.33. The average Bonchev–Trinajstić information content (AvgIpc) is 2.69. The Hall–Kier alpha value is -1.94. The Morgan fingerprint density at radius 2 is 1.89 bits per heavy atom. The van der Waals surface area contributed by atoms with E-state index in [1.54, 1.807) is 0 Å². The zero-order chi connectivity index (χ0) is 20.3. The van der Waals surface area contributed by atoms with Crippen LogP contribution in [0.25, 0.3) is 6.08 Å². The van der Waals surface area contributed by atoms with Crippen LogP contribution in [0, 0.1) is 13.8 Å². The first kappa shape index (κ1) is 20.8. The number of aryl methyl sites for hydroxylation is 2. The maximum atomic E-state index is 10.2. The monoisotopic (exact) mass is 380 g/mol. The van der Waals surface area contributed by atoms with Crippen molar-refractivity contribution in [2.75, 3.05) is 6.61 Å². The Balaban J connectivity index is 1.87. The van der Waals surface area contributed by atoms with Crippen molar-refractivity contribution in [2.24, 2.45) is 0 Å². The highest BCUT2D eigenvalue weighted by molar-refractivity contribution is 5.58. The van der Waals surface area contributed by atoms with Crippen molar-refractivity contribution in [3.63, 3.8) is 0 Å². The van der Waals surface area contributed by atoms with E-state index in [-0.39, 0.29) is 24.7 Å². The second-order valence-electron chi connectivity index (χ2n) is 8.14. The maximum absolute atomic E-state index is 10.2. The van der Waals surface area contributed by atoms with Crippen LogP contribution in [0.1, 0.15) is 66.5 Å². The van der Waals surface area contributed by atoms with Gasteiger partial charge in [-0.25, -0.2) is 0 Å². The van der Waals surface area contributed by atoms with Crippen LogP contribution in [0.4, 0.5) is 0 Å². The number of hydrogen-bond acceptors (Lipinski definition) is 3. The first-order chi connectivity index (χ1) is 13.4. The van der Waals surface area contributed by atoms with Gasteiger partial charge in [0.25, 0.3) is 0 Å². The summed E-state index contributed by atoms with van der Waals surface area (Å²) in [4.78, 5) is 0. The molecule has 2 N–H and O–H groups in total. The van der Waals surface area contributed by atoms with E-state index in [0.29, 0.717) is 12.8 Å². The summed E-state index contributed by atoms with van der Waals surface area (Å²) >= 11 is 0. The molecule has 4 unspecified atom stereocenters. The lowest BCUT2D eigenvalue weighted by Crippen LogP contribution is -2.33. The molecule has 3 nitrogen and oxygen atoms in total. The molecule has 28 heavy (non-hydrogen) atoms. The molecule has 0 amide bonds. The zero-order valence-electron chi connectivity index (χ0n) is 17.4. The van der Waals surface area contributed by atoms with Gasteiger partial charge in [0.1, 0.15) is 0 Å². The molecule has 0 spiro atoms. The van der Waals surface area contributed by atoms with E-state index in [1.165, 1.54) is 27.8 Å². The number of rotatable bonds is 5. The van der Waals surface area contributed by atoms with E-state index in [1.807, 2.05) is 0 Å². The Labute approximate surface area is 168 Å². The molecule has 2 aromatic carbocycles. The molecule has 1 saturated heterocycles. The fourth-order valence-corrected chi connectivity index (χ4v) is 4.01. The van der Waals surface area contributed by atoms with Crippen LogP contribution in [0.5, 0.6) is 0 Å². The minimum absolute atomic E-state index is 0.0546. The SMILES string of the molecule is C/C(=C\c1ccccc1C)C(C)c1cc(C2CC(O)CC(CO)O2)ccc1C. The third kappa shape index (κ3) is 4.72. The Kier molecular flexibility index (Phi) is 6.71. The normalized spacial score (nSPS) is 24.2. The summed E-state index contributed by atoms with van der Waals surface area (Å²) in [5.41, 5.74) is 7.46. The molecule has 1 heterocycles. The summed E-state index contributed by atoms with van der Waals surface area (Å²) in [6, 6.07) is 14.9. The van der Waals surface area contributed by atoms with Crippen LogP contribution in [0.2, 0.25) is 0 Å². The van der Waals surface area contributed by atoms with E-state index < -0.39 is 6.10 Å². The summed E-state index contributed by atoms with van der Waals surface area (Å²) in [7, 11) is 0. The maximum Gasteiger partial charge on any atom is 0.0854 e. The molecule has 0 aliphatic carbocycles. The zero-order valence-corrected chi connectivity index (χ0v) is 17.4. The van der Waals surface area contributed by atoms with E-state index in [0.717, 1.165) is 5.56 Å². The molecule has 4 atom stereocenters. The van der Waals surface area contributed by atoms with Gasteiger partial charge in [-0.05, 0) is 48.6 Å². The van der Waals surface area contributed by atoms with E-state index in [9.17, 15) is 10.2 Å². The van der Waals surface area contributed by atoms with Crippen molar-refractivity contribution >= 4 is 6.08 Å². The highest BCUT2D eigenvalue weighted by atomic mass is 16.5. The smallest absolute Gasteiger partial charge is 0.0854 e. The second kappa shape index (κ2) is 9.04. The van der Waals surface area contributed by atoms with Gasteiger partial charge in [0.2, 0.25) is 0 Å². The molecule has 150 valence electrons. The number of aliphatic hydroxyl groups excluding tert-OH is 2. The van der Waals surface area contributed by atoms with Crippen molar-refractivity contribution in [2.45, 2.75) is 64.8 Å². The molecule has 1 fully saturated rings. The number of ether oxygens (including phenoxy) is 1. The topological polar surface area (TPSA) is 49.7 Å². The van der Waals surface area contributed by atoms with Gasteiger partial charge in [0, 0.05) is 18.8 Å². The van der Waals surface area contributed by atoms with Gasteiger partial charge < -0.3 is 14.9 Å². The quantitative estimate of drug-likeness (QED) is 0.760. The molecule has 1 aliphatic heterocycles. The number of aliphatic hydroxyl groups is 2. The third-order valence-corrected chi connectivity index (χ3v) is 5.98. The van der Waals surface area contributed by atoms with Gasteiger partial charge in [-0.2, -0.15) is 0 Å². The van der Waals surface area contributed by atoms with Gasteiger partial charge in [-0.15, -0.1) is 0 Å². The molecule has 3 rings (SSSR count). The third-order valence-electron chi connectivity index (χ3n) is 5.98. The predicted molar refractivity (Wildman–Crippen MR) is 114 cm³/mol. The lowest BCUT2D eigenvalue weighted by atomic mass is 9.86. The lowest BCUT2D eigenvalue weighted by molar-refractivity contribution is -0.113. The first-order valence-corrected chi connectivity index (χ1v) is 10.2. The largest absolute Gasteiger partial charge is 0.394 e. The average molecular weight is 381 g/mol. The second-order valence-corrected chi connectivity index (χ2v) is 8.14. The van der Waals surface area contributed by atoms with Gasteiger partial charge in [0.05, 0.1) is 24.9 Å². The van der Waals surface area contributed by atoms with Crippen LogP contribution in [-0.2, 0) is 4.74 Å². The number of hydrogen-bond donors (Lipinski definition) is 2. The summed E-state index contributed by atoms with van der Waals surface area (Å²) in [5, 5.41) is 19.6. The highest BCUT2D eigenvalue weighted by Crippen LogP contribution is 2.35. The first-order valence-electron chi connectivity index (χ1n) is 10.2. The van der Waals surface area contributed by atoms with Gasteiger partial charge in [-0.3, -0.25) is 0 Å². The fraction of sp³-hybridized carbons (Fsp3) is 0.440. The molecule has 1 aliphatic rings. The molecule has 0 radical (unpaired) electrons. The van der Waals surface area contributed by atoms with Crippen molar-refractivity contribution in [1.29, 1.82) is 0 Å². The molecule has 0 saturated carbocycles. The number of allylic oxidation sites excluding steroid dienone is 1. The Morgan fingerprint density at radius 3 is 2.61 bits per heavy atom. The Bertz CT molecular complexity index is 839. The number of benzene rings is 2. The molecule has 2 aromatic rings.